The van der Waals surface area contributed by atoms with Crippen LogP contribution >= 0.6 is 0 Å². The van der Waals surface area contributed by atoms with Crippen molar-refractivity contribution in [3.8, 4) is 16.9 Å². The lowest BCUT2D eigenvalue weighted by Gasteiger charge is -2.28. The zero-order chi connectivity index (χ0) is 23.0. The molecule has 1 saturated carbocycles. The molecule has 3 aromatic rings. The Labute approximate surface area is 182 Å². The van der Waals surface area contributed by atoms with Gasteiger partial charge in [0.1, 0.15) is 11.6 Å². The second-order valence-corrected chi connectivity index (χ2v) is 8.35. The van der Waals surface area contributed by atoms with Gasteiger partial charge in [-0.15, -0.1) is 13.2 Å². The Morgan fingerprint density at radius 2 is 1.53 bits per heavy atom. The first-order valence-corrected chi connectivity index (χ1v) is 10.6. The third-order valence-corrected chi connectivity index (χ3v) is 6.39. The van der Waals surface area contributed by atoms with Crippen molar-refractivity contribution in [3.05, 3.63) is 65.5 Å². The molecule has 0 spiro atoms. The van der Waals surface area contributed by atoms with E-state index in [1.165, 1.54) is 36.4 Å². The van der Waals surface area contributed by atoms with Gasteiger partial charge in [0.25, 0.3) is 0 Å². The maximum atomic E-state index is 15.0. The lowest BCUT2D eigenvalue weighted by atomic mass is 9.77. The normalized spacial score (nSPS) is 19.3. The van der Waals surface area contributed by atoms with E-state index >= 15 is 0 Å². The predicted octanol–water partition coefficient (Wildman–Crippen LogP) is 8.51. The summed E-state index contributed by atoms with van der Waals surface area (Å²) in [4.78, 5) is 0. The van der Waals surface area contributed by atoms with Crippen molar-refractivity contribution in [2.24, 2.45) is 5.92 Å². The number of hydrogen-bond acceptors (Lipinski definition) is 1. The standard InChI is InChI=1S/C25H22F6O/c1-2-14-3-5-15(6-4-14)18-12-20(26)23(21(27)13-18)17-7-9-19-16(11-17)8-10-22(24(19)28)32-25(29,30)31/h7-15H,2-6H2,1H3. The molecule has 4 rings (SSSR count). The Balaban J connectivity index is 1.66. The van der Waals surface area contributed by atoms with E-state index in [1.54, 1.807) is 0 Å². The predicted molar refractivity (Wildman–Crippen MR) is 111 cm³/mol. The quantitative estimate of drug-likeness (QED) is 0.361. The molecule has 0 saturated heterocycles. The molecule has 0 aliphatic heterocycles. The third-order valence-electron chi connectivity index (χ3n) is 6.39. The van der Waals surface area contributed by atoms with Gasteiger partial charge in [-0.05, 0) is 78.3 Å². The largest absolute Gasteiger partial charge is 0.573 e. The molecule has 0 radical (unpaired) electrons. The fourth-order valence-corrected chi connectivity index (χ4v) is 4.64. The zero-order valence-electron chi connectivity index (χ0n) is 17.4. The van der Waals surface area contributed by atoms with Crippen LogP contribution < -0.4 is 4.74 Å². The minimum Gasteiger partial charge on any atom is -0.403 e. The van der Waals surface area contributed by atoms with Gasteiger partial charge in [0.05, 0.1) is 5.56 Å². The first-order chi connectivity index (χ1) is 15.2. The van der Waals surface area contributed by atoms with Gasteiger partial charge in [-0.3, -0.25) is 0 Å². The second kappa shape index (κ2) is 8.68. The number of alkyl halides is 3. The van der Waals surface area contributed by atoms with Gasteiger partial charge in [0.2, 0.25) is 0 Å². The molecular formula is C25H22F6O. The van der Waals surface area contributed by atoms with Crippen LogP contribution in [0.25, 0.3) is 21.9 Å². The van der Waals surface area contributed by atoms with Crippen molar-refractivity contribution in [1.29, 1.82) is 0 Å². The minimum absolute atomic E-state index is 0.119. The summed E-state index contributed by atoms with van der Waals surface area (Å²) >= 11 is 0. The number of rotatable bonds is 4. The number of ether oxygens (including phenoxy) is 1. The van der Waals surface area contributed by atoms with Gasteiger partial charge in [-0.25, -0.2) is 13.2 Å². The van der Waals surface area contributed by atoms with Gasteiger partial charge in [0.15, 0.2) is 11.6 Å². The third kappa shape index (κ3) is 4.57. The minimum atomic E-state index is -5.03. The zero-order valence-corrected chi connectivity index (χ0v) is 17.4. The summed E-state index contributed by atoms with van der Waals surface area (Å²) in [5.41, 5.74) is 0.575. The molecule has 1 aliphatic rings. The van der Waals surface area contributed by atoms with E-state index in [9.17, 15) is 26.3 Å². The van der Waals surface area contributed by atoms with Crippen LogP contribution in [0.5, 0.6) is 5.75 Å². The molecule has 1 aliphatic carbocycles. The van der Waals surface area contributed by atoms with E-state index in [0.717, 1.165) is 38.2 Å². The molecule has 7 heteroatoms. The topological polar surface area (TPSA) is 9.23 Å². The number of hydrogen-bond donors (Lipinski definition) is 0. The summed E-state index contributed by atoms with van der Waals surface area (Å²) in [6, 6.07) is 8.62. The highest BCUT2D eigenvalue weighted by Gasteiger charge is 2.32. The van der Waals surface area contributed by atoms with E-state index in [-0.39, 0.29) is 27.8 Å². The summed E-state index contributed by atoms with van der Waals surface area (Å²) in [6.45, 7) is 2.15. The summed E-state index contributed by atoms with van der Waals surface area (Å²) in [7, 11) is 0. The summed E-state index contributed by atoms with van der Waals surface area (Å²) in [5.74, 6) is -2.79. The molecule has 0 aromatic heterocycles. The van der Waals surface area contributed by atoms with Gasteiger partial charge in [-0.1, -0.05) is 31.5 Å². The average molecular weight is 452 g/mol. The Bertz CT molecular complexity index is 1110. The van der Waals surface area contributed by atoms with E-state index in [0.29, 0.717) is 11.5 Å². The molecule has 170 valence electrons. The number of halogens is 6. The molecular weight excluding hydrogens is 430 g/mol. The molecule has 0 heterocycles. The summed E-state index contributed by atoms with van der Waals surface area (Å²) in [5, 5.41) is 0.0657. The van der Waals surface area contributed by atoms with E-state index < -0.39 is 29.6 Å². The van der Waals surface area contributed by atoms with E-state index in [2.05, 4.69) is 11.7 Å². The highest BCUT2D eigenvalue weighted by atomic mass is 19.4. The van der Waals surface area contributed by atoms with Crippen LogP contribution in [0.15, 0.2) is 42.5 Å². The molecule has 1 nitrogen and oxygen atoms in total. The molecule has 0 amide bonds. The maximum absolute atomic E-state index is 15.0. The molecule has 3 aromatic carbocycles. The van der Waals surface area contributed by atoms with Crippen molar-refractivity contribution >= 4 is 10.8 Å². The summed E-state index contributed by atoms with van der Waals surface area (Å²) in [6.07, 6.45) is -0.0352. The Kier molecular flexibility index (Phi) is 6.10. The SMILES string of the molecule is CCC1CCC(c2cc(F)c(-c3ccc4c(F)c(OC(F)(F)F)ccc4c3)c(F)c2)CC1. The fraction of sp³-hybridized carbons (Fsp3) is 0.360. The van der Waals surface area contributed by atoms with Crippen LogP contribution in [0, 0.1) is 23.4 Å². The van der Waals surface area contributed by atoms with Crippen LogP contribution in [-0.4, -0.2) is 6.36 Å². The molecule has 0 unspecified atom stereocenters. The highest BCUT2D eigenvalue weighted by Crippen LogP contribution is 2.40. The molecule has 0 atom stereocenters. The van der Waals surface area contributed by atoms with Gasteiger partial charge >= 0.3 is 6.36 Å². The van der Waals surface area contributed by atoms with Crippen molar-refractivity contribution in [2.75, 3.05) is 0 Å². The van der Waals surface area contributed by atoms with Crippen LogP contribution in [0.4, 0.5) is 26.3 Å². The van der Waals surface area contributed by atoms with Crippen molar-refractivity contribution < 1.29 is 31.1 Å². The van der Waals surface area contributed by atoms with Crippen molar-refractivity contribution in [1.82, 2.24) is 0 Å². The van der Waals surface area contributed by atoms with Crippen LogP contribution in [-0.2, 0) is 0 Å². The Morgan fingerprint density at radius 3 is 2.12 bits per heavy atom. The first kappa shape index (κ1) is 22.5. The second-order valence-electron chi connectivity index (χ2n) is 8.35. The maximum Gasteiger partial charge on any atom is 0.573 e. The average Bonchev–Trinajstić information content (AvgIpc) is 2.74. The van der Waals surface area contributed by atoms with Crippen LogP contribution in [0.1, 0.15) is 50.5 Å². The molecule has 0 bridgehead atoms. The molecule has 32 heavy (non-hydrogen) atoms. The van der Waals surface area contributed by atoms with Gasteiger partial charge in [-0.2, -0.15) is 0 Å². The lowest BCUT2D eigenvalue weighted by molar-refractivity contribution is -0.275. The molecule has 1 fully saturated rings. The smallest absolute Gasteiger partial charge is 0.403 e. The van der Waals surface area contributed by atoms with Gasteiger partial charge < -0.3 is 4.74 Å². The number of fused-ring (bicyclic) bond motifs is 1. The lowest BCUT2D eigenvalue weighted by Crippen LogP contribution is -2.18. The highest BCUT2D eigenvalue weighted by molar-refractivity contribution is 5.89. The fourth-order valence-electron chi connectivity index (χ4n) is 4.64. The van der Waals surface area contributed by atoms with Gasteiger partial charge in [0, 0.05) is 5.39 Å². The van der Waals surface area contributed by atoms with Crippen molar-refractivity contribution in [3.63, 3.8) is 0 Å². The first-order valence-electron chi connectivity index (χ1n) is 10.6. The van der Waals surface area contributed by atoms with Crippen LogP contribution in [0.2, 0.25) is 0 Å². The monoisotopic (exact) mass is 452 g/mol. The van der Waals surface area contributed by atoms with E-state index in [4.69, 9.17) is 0 Å². The number of benzene rings is 3. The van der Waals surface area contributed by atoms with E-state index in [1.807, 2.05) is 0 Å². The summed E-state index contributed by atoms with van der Waals surface area (Å²) < 4.78 is 85.3. The Hall–Kier alpha value is -2.70. The van der Waals surface area contributed by atoms with Crippen LogP contribution in [0.3, 0.4) is 0 Å². The molecule has 0 N–H and O–H groups in total. The Morgan fingerprint density at radius 1 is 0.875 bits per heavy atom. The van der Waals surface area contributed by atoms with Crippen molar-refractivity contribution in [2.45, 2.75) is 51.3 Å².